The molecule has 1 heterocycles. The Labute approximate surface area is 124 Å². The Balaban J connectivity index is 1.98. The van der Waals surface area contributed by atoms with Crippen LogP contribution >= 0.6 is 15.9 Å². The van der Waals surface area contributed by atoms with Crippen LogP contribution < -0.4 is 4.74 Å². The van der Waals surface area contributed by atoms with Gasteiger partial charge < -0.3 is 9.15 Å². The molecule has 3 rings (SSSR count). The topological polar surface area (TPSA) is 39.4 Å². The Bertz CT molecular complexity index is 772. The van der Waals surface area contributed by atoms with Crippen LogP contribution in [-0.4, -0.2) is 12.9 Å². The molecule has 3 aromatic rings. The summed E-state index contributed by atoms with van der Waals surface area (Å²) in [5.74, 6) is 0.915. The number of halogens is 1. The lowest BCUT2D eigenvalue weighted by atomic mass is 10.1. The molecule has 0 aliphatic carbocycles. The molecule has 4 heteroatoms. The molecule has 20 heavy (non-hydrogen) atoms. The van der Waals surface area contributed by atoms with Gasteiger partial charge in [-0.05, 0) is 48.5 Å². The summed E-state index contributed by atoms with van der Waals surface area (Å²) in [4.78, 5) is 12.4. The molecule has 0 aliphatic rings. The fourth-order valence-corrected chi connectivity index (χ4v) is 2.39. The molecule has 0 unspecified atom stereocenters. The lowest BCUT2D eigenvalue weighted by Crippen LogP contribution is -1.99. The SMILES string of the molecule is COc1ccc(C(=O)c2cc3cc(Br)ccc3o2)cc1. The van der Waals surface area contributed by atoms with Crippen LogP contribution in [-0.2, 0) is 0 Å². The number of benzene rings is 2. The van der Waals surface area contributed by atoms with Crippen LogP contribution in [0.25, 0.3) is 11.0 Å². The lowest BCUT2D eigenvalue weighted by Gasteiger charge is -2.00. The number of hydrogen-bond acceptors (Lipinski definition) is 3. The molecule has 0 spiro atoms. The highest BCUT2D eigenvalue weighted by Crippen LogP contribution is 2.25. The first-order valence-electron chi connectivity index (χ1n) is 6.05. The maximum Gasteiger partial charge on any atom is 0.228 e. The normalized spacial score (nSPS) is 10.7. The van der Waals surface area contributed by atoms with Crippen LogP contribution in [0.5, 0.6) is 5.75 Å². The smallest absolute Gasteiger partial charge is 0.228 e. The fraction of sp³-hybridized carbons (Fsp3) is 0.0625. The summed E-state index contributed by atoms with van der Waals surface area (Å²) < 4.78 is 11.6. The average molecular weight is 331 g/mol. The van der Waals surface area contributed by atoms with Crippen molar-refractivity contribution in [3.63, 3.8) is 0 Å². The molecule has 0 saturated carbocycles. The zero-order chi connectivity index (χ0) is 14.1. The highest BCUT2D eigenvalue weighted by Gasteiger charge is 2.14. The van der Waals surface area contributed by atoms with Crippen molar-refractivity contribution >= 4 is 32.7 Å². The number of ketones is 1. The number of hydrogen-bond donors (Lipinski definition) is 0. The van der Waals surface area contributed by atoms with Crippen molar-refractivity contribution in [1.29, 1.82) is 0 Å². The Hall–Kier alpha value is -2.07. The molecule has 3 nitrogen and oxygen atoms in total. The molecular formula is C16H11BrO3. The third-order valence-electron chi connectivity index (χ3n) is 3.05. The van der Waals surface area contributed by atoms with Gasteiger partial charge in [0.1, 0.15) is 11.3 Å². The van der Waals surface area contributed by atoms with Gasteiger partial charge in [0, 0.05) is 15.4 Å². The summed E-state index contributed by atoms with van der Waals surface area (Å²) in [6, 6.07) is 14.4. The first-order chi connectivity index (χ1) is 9.67. The van der Waals surface area contributed by atoms with E-state index in [-0.39, 0.29) is 5.78 Å². The number of methoxy groups -OCH3 is 1. The molecular weight excluding hydrogens is 320 g/mol. The second kappa shape index (κ2) is 5.13. The molecule has 2 aromatic carbocycles. The molecule has 0 amide bonds. The van der Waals surface area contributed by atoms with Gasteiger partial charge >= 0.3 is 0 Å². The van der Waals surface area contributed by atoms with E-state index in [2.05, 4.69) is 15.9 Å². The van der Waals surface area contributed by atoms with Gasteiger partial charge in [-0.3, -0.25) is 4.79 Å². The molecule has 0 radical (unpaired) electrons. The van der Waals surface area contributed by atoms with E-state index in [0.717, 1.165) is 15.6 Å². The number of carbonyl (C=O) groups excluding carboxylic acids is 1. The van der Waals surface area contributed by atoms with Gasteiger partial charge in [0.05, 0.1) is 7.11 Å². The Morgan fingerprint density at radius 1 is 1.10 bits per heavy atom. The monoisotopic (exact) mass is 330 g/mol. The van der Waals surface area contributed by atoms with Crippen molar-refractivity contribution in [2.24, 2.45) is 0 Å². The van der Waals surface area contributed by atoms with Crippen LogP contribution in [0, 0.1) is 0 Å². The summed E-state index contributed by atoms with van der Waals surface area (Å²) in [6.07, 6.45) is 0. The van der Waals surface area contributed by atoms with Gasteiger partial charge in [0.15, 0.2) is 5.76 Å². The van der Waals surface area contributed by atoms with E-state index in [1.165, 1.54) is 0 Å². The average Bonchev–Trinajstić information content (AvgIpc) is 2.89. The van der Waals surface area contributed by atoms with E-state index in [9.17, 15) is 4.79 Å². The van der Waals surface area contributed by atoms with Crippen LogP contribution in [0.2, 0.25) is 0 Å². The lowest BCUT2D eigenvalue weighted by molar-refractivity contribution is 0.101. The molecule has 100 valence electrons. The number of furan rings is 1. The van der Waals surface area contributed by atoms with Crippen LogP contribution in [0.3, 0.4) is 0 Å². The van der Waals surface area contributed by atoms with Gasteiger partial charge in [-0.15, -0.1) is 0 Å². The highest BCUT2D eigenvalue weighted by atomic mass is 79.9. The quantitative estimate of drug-likeness (QED) is 0.666. The number of fused-ring (bicyclic) bond motifs is 1. The minimum atomic E-state index is -0.139. The summed E-state index contributed by atoms with van der Waals surface area (Å²) in [7, 11) is 1.59. The molecule has 0 bridgehead atoms. The van der Waals surface area contributed by atoms with Crippen molar-refractivity contribution < 1.29 is 13.9 Å². The predicted molar refractivity (Wildman–Crippen MR) is 80.3 cm³/mol. The molecule has 0 aliphatic heterocycles. The Morgan fingerprint density at radius 3 is 2.55 bits per heavy atom. The van der Waals surface area contributed by atoms with E-state index in [1.54, 1.807) is 37.4 Å². The Morgan fingerprint density at radius 2 is 1.85 bits per heavy atom. The van der Waals surface area contributed by atoms with Crippen LogP contribution in [0.1, 0.15) is 16.1 Å². The highest BCUT2D eigenvalue weighted by molar-refractivity contribution is 9.10. The molecule has 0 fully saturated rings. The van der Waals surface area contributed by atoms with Gasteiger partial charge in [0.2, 0.25) is 5.78 Å². The van der Waals surface area contributed by atoms with Crippen LogP contribution in [0.15, 0.2) is 57.4 Å². The number of rotatable bonds is 3. The van der Waals surface area contributed by atoms with Gasteiger partial charge in [0.25, 0.3) is 0 Å². The number of carbonyl (C=O) groups is 1. The van der Waals surface area contributed by atoms with Crippen molar-refractivity contribution in [3.05, 3.63) is 64.3 Å². The summed E-state index contributed by atoms with van der Waals surface area (Å²) in [5, 5.41) is 0.899. The van der Waals surface area contributed by atoms with Crippen molar-refractivity contribution in [2.75, 3.05) is 7.11 Å². The maximum absolute atomic E-state index is 12.4. The third kappa shape index (κ3) is 2.34. The van der Waals surface area contributed by atoms with E-state index >= 15 is 0 Å². The van der Waals surface area contributed by atoms with Crippen LogP contribution in [0.4, 0.5) is 0 Å². The molecule has 1 aromatic heterocycles. The summed E-state index contributed by atoms with van der Waals surface area (Å²) in [5.41, 5.74) is 1.27. The first kappa shape index (κ1) is 12.9. The van der Waals surface area contributed by atoms with Crippen molar-refractivity contribution in [1.82, 2.24) is 0 Å². The van der Waals surface area contributed by atoms with E-state index in [4.69, 9.17) is 9.15 Å². The van der Waals surface area contributed by atoms with Crippen molar-refractivity contribution in [2.45, 2.75) is 0 Å². The molecule has 0 N–H and O–H groups in total. The molecule has 0 saturated heterocycles. The van der Waals surface area contributed by atoms with Gasteiger partial charge in [-0.2, -0.15) is 0 Å². The number of ether oxygens (including phenoxy) is 1. The predicted octanol–water partition coefficient (Wildman–Crippen LogP) is 4.43. The van der Waals surface area contributed by atoms with Gasteiger partial charge in [-0.1, -0.05) is 15.9 Å². The fourth-order valence-electron chi connectivity index (χ4n) is 2.01. The second-order valence-corrected chi connectivity index (χ2v) is 5.27. The zero-order valence-electron chi connectivity index (χ0n) is 10.7. The van der Waals surface area contributed by atoms with Crippen molar-refractivity contribution in [3.8, 4) is 5.75 Å². The van der Waals surface area contributed by atoms with E-state index in [0.29, 0.717) is 16.9 Å². The largest absolute Gasteiger partial charge is 0.497 e. The maximum atomic E-state index is 12.4. The van der Waals surface area contributed by atoms with E-state index < -0.39 is 0 Å². The molecule has 0 atom stereocenters. The minimum absolute atomic E-state index is 0.139. The zero-order valence-corrected chi connectivity index (χ0v) is 12.3. The summed E-state index contributed by atoms with van der Waals surface area (Å²) in [6.45, 7) is 0. The standard InChI is InChI=1S/C16H11BrO3/c1-19-13-5-2-10(3-6-13)16(18)15-9-11-8-12(17)4-7-14(11)20-15/h2-9H,1H3. The first-order valence-corrected chi connectivity index (χ1v) is 6.84. The summed E-state index contributed by atoms with van der Waals surface area (Å²) >= 11 is 3.40. The minimum Gasteiger partial charge on any atom is -0.497 e. The Kier molecular flexibility index (Phi) is 3.32. The third-order valence-corrected chi connectivity index (χ3v) is 3.55. The second-order valence-electron chi connectivity index (χ2n) is 4.35. The van der Waals surface area contributed by atoms with E-state index in [1.807, 2.05) is 18.2 Å². The van der Waals surface area contributed by atoms with Gasteiger partial charge in [-0.25, -0.2) is 0 Å².